The number of fused-ring (bicyclic) bond motifs is 1. The first-order chi connectivity index (χ1) is 13.2. The lowest BCUT2D eigenvalue weighted by atomic mass is 10.1. The number of hydrogen-bond acceptors (Lipinski definition) is 6. The van der Waals surface area contributed by atoms with Crippen molar-refractivity contribution in [2.24, 2.45) is 9.50 Å². The van der Waals surface area contributed by atoms with Crippen molar-refractivity contribution in [3.8, 4) is 0 Å². The smallest absolute Gasteiger partial charge is 0.285 e. The highest BCUT2D eigenvalue weighted by molar-refractivity contribution is 7.90. The van der Waals surface area contributed by atoms with E-state index in [9.17, 15) is 13.2 Å². The number of sulfonamides is 1. The van der Waals surface area contributed by atoms with Gasteiger partial charge in [0.25, 0.3) is 10.0 Å². The summed E-state index contributed by atoms with van der Waals surface area (Å²) in [4.78, 5) is 12.3. The average molecular weight is 402 g/mol. The minimum absolute atomic E-state index is 0.119. The number of carbonyl (C=O) groups is 1. The summed E-state index contributed by atoms with van der Waals surface area (Å²) in [7, 11) is -3.79. The fraction of sp³-hybridized carbons (Fsp3) is 0.316. The number of benzene rings is 1. The van der Waals surface area contributed by atoms with Gasteiger partial charge in [0.2, 0.25) is 5.91 Å². The summed E-state index contributed by atoms with van der Waals surface area (Å²) in [5.74, 6) is 0.515. The molecule has 28 heavy (non-hydrogen) atoms. The molecule has 1 N–H and O–H groups in total. The van der Waals surface area contributed by atoms with Gasteiger partial charge in [-0.15, -0.1) is 4.40 Å². The van der Waals surface area contributed by atoms with E-state index in [1.54, 1.807) is 30.3 Å². The molecule has 0 unspecified atom stereocenters. The Morgan fingerprint density at radius 1 is 1.25 bits per heavy atom. The maximum absolute atomic E-state index is 12.4. The molecule has 8 nitrogen and oxygen atoms in total. The molecule has 148 valence electrons. The van der Waals surface area contributed by atoms with E-state index in [1.807, 2.05) is 20.8 Å². The molecule has 0 aliphatic carbocycles. The Morgan fingerprint density at radius 2 is 2.00 bits per heavy atom. The molecule has 0 radical (unpaired) electrons. The van der Waals surface area contributed by atoms with Crippen LogP contribution in [-0.4, -0.2) is 43.5 Å². The molecule has 1 aromatic heterocycles. The van der Waals surface area contributed by atoms with Crippen LogP contribution in [0.3, 0.4) is 0 Å². The number of rotatable bonds is 5. The maximum Gasteiger partial charge on any atom is 0.285 e. The summed E-state index contributed by atoms with van der Waals surface area (Å²) >= 11 is 0. The van der Waals surface area contributed by atoms with Crippen LogP contribution in [0.15, 0.2) is 61.5 Å². The number of nitrogens with zero attached hydrogens (tertiary/aromatic N) is 3. The number of furan rings is 1. The summed E-state index contributed by atoms with van der Waals surface area (Å²) in [6.07, 6.45) is 3.08. The van der Waals surface area contributed by atoms with Crippen molar-refractivity contribution >= 4 is 28.0 Å². The Kier molecular flexibility index (Phi) is 5.37. The van der Waals surface area contributed by atoms with Crippen LogP contribution in [0.25, 0.3) is 0 Å². The molecule has 2 aromatic rings. The minimum atomic E-state index is -3.79. The predicted molar refractivity (Wildman–Crippen MR) is 106 cm³/mol. The number of hydrogen-bond donors (Lipinski definition) is 1. The first-order valence-corrected chi connectivity index (χ1v) is 10.2. The van der Waals surface area contributed by atoms with Gasteiger partial charge in [-0.2, -0.15) is 13.5 Å². The zero-order valence-corrected chi connectivity index (χ0v) is 16.7. The standard InChI is InChI=1S/C19H22N4O4S/c1-19(2,3)21-17(24)10-11-23(20-13-14-7-6-12-27-14)18-15-8-4-5-9-16(15)28(25,26)22-18/h4-9,12-13H,10-11H2,1-3H3,(H,21,24)/b20-13-. The number of carbonyl (C=O) groups excluding carboxylic acids is 1. The molecule has 0 saturated heterocycles. The normalized spacial score (nSPS) is 15.3. The maximum atomic E-state index is 12.4. The van der Waals surface area contributed by atoms with Gasteiger partial charge in [0.1, 0.15) is 10.7 Å². The number of nitrogens with one attached hydrogen (secondary N) is 1. The van der Waals surface area contributed by atoms with Crippen LogP contribution in [0.2, 0.25) is 0 Å². The SMILES string of the molecule is CC(C)(C)NC(=O)CCN(/N=C\c1ccco1)C1=NS(=O)(=O)c2ccccc21. The minimum Gasteiger partial charge on any atom is -0.463 e. The average Bonchev–Trinajstić information content (AvgIpc) is 3.20. The van der Waals surface area contributed by atoms with Gasteiger partial charge >= 0.3 is 0 Å². The molecule has 0 bridgehead atoms. The third kappa shape index (κ3) is 4.66. The highest BCUT2D eigenvalue weighted by atomic mass is 32.2. The highest BCUT2D eigenvalue weighted by Gasteiger charge is 2.32. The van der Waals surface area contributed by atoms with Crippen LogP contribution < -0.4 is 5.32 Å². The molecule has 9 heteroatoms. The molecular formula is C19H22N4O4S. The fourth-order valence-electron chi connectivity index (χ4n) is 2.67. The monoisotopic (exact) mass is 402 g/mol. The van der Waals surface area contributed by atoms with Gasteiger partial charge in [0.05, 0.1) is 19.0 Å². The lowest BCUT2D eigenvalue weighted by molar-refractivity contribution is -0.122. The lowest BCUT2D eigenvalue weighted by Gasteiger charge is -2.22. The van der Waals surface area contributed by atoms with E-state index in [1.165, 1.54) is 23.6 Å². The van der Waals surface area contributed by atoms with E-state index >= 15 is 0 Å². The van der Waals surface area contributed by atoms with Crippen LogP contribution in [0, 0.1) is 0 Å². The summed E-state index contributed by atoms with van der Waals surface area (Å²) < 4.78 is 33.8. The van der Waals surface area contributed by atoms with Gasteiger partial charge in [-0.1, -0.05) is 12.1 Å². The molecule has 0 atom stereocenters. The predicted octanol–water partition coefficient (Wildman–Crippen LogP) is 2.37. The van der Waals surface area contributed by atoms with E-state index in [0.717, 1.165) is 0 Å². The van der Waals surface area contributed by atoms with Crippen molar-refractivity contribution in [2.75, 3.05) is 6.54 Å². The third-order valence-electron chi connectivity index (χ3n) is 3.79. The molecule has 2 heterocycles. The van der Waals surface area contributed by atoms with Crippen molar-refractivity contribution in [3.05, 3.63) is 54.0 Å². The summed E-state index contributed by atoms with van der Waals surface area (Å²) in [6, 6.07) is 9.98. The zero-order chi connectivity index (χ0) is 20.4. The van der Waals surface area contributed by atoms with Gasteiger partial charge in [-0.05, 0) is 45.0 Å². The first-order valence-electron chi connectivity index (χ1n) is 8.76. The van der Waals surface area contributed by atoms with E-state index < -0.39 is 10.0 Å². The number of amidine groups is 1. The lowest BCUT2D eigenvalue weighted by Crippen LogP contribution is -2.42. The van der Waals surface area contributed by atoms with Gasteiger partial charge in [-0.25, -0.2) is 5.01 Å². The van der Waals surface area contributed by atoms with E-state index in [4.69, 9.17) is 4.42 Å². The van der Waals surface area contributed by atoms with Crippen LogP contribution in [0.5, 0.6) is 0 Å². The molecular weight excluding hydrogens is 380 g/mol. The van der Waals surface area contributed by atoms with Gasteiger partial charge in [0, 0.05) is 17.5 Å². The van der Waals surface area contributed by atoms with E-state index in [-0.39, 0.29) is 35.1 Å². The Hall–Kier alpha value is -2.94. The Morgan fingerprint density at radius 3 is 2.68 bits per heavy atom. The Balaban J connectivity index is 1.88. The molecule has 0 fully saturated rings. The number of hydrazone groups is 1. The van der Waals surface area contributed by atoms with Crippen LogP contribution in [-0.2, 0) is 14.8 Å². The van der Waals surface area contributed by atoms with Gasteiger partial charge in [0.15, 0.2) is 5.84 Å². The Bertz CT molecular complexity index is 1020. The van der Waals surface area contributed by atoms with Crippen molar-refractivity contribution in [1.29, 1.82) is 0 Å². The molecule has 3 rings (SSSR count). The third-order valence-corrected chi connectivity index (χ3v) is 5.11. The van der Waals surface area contributed by atoms with Gasteiger partial charge in [-0.3, -0.25) is 4.79 Å². The highest BCUT2D eigenvalue weighted by Crippen LogP contribution is 2.27. The fourth-order valence-corrected chi connectivity index (χ4v) is 3.88. The van der Waals surface area contributed by atoms with Crippen LogP contribution in [0.1, 0.15) is 38.5 Å². The second-order valence-corrected chi connectivity index (χ2v) is 8.89. The van der Waals surface area contributed by atoms with Crippen molar-refractivity contribution in [3.63, 3.8) is 0 Å². The van der Waals surface area contributed by atoms with E-state index in [0.29, 0.717) is 11.3 Å². The molecule has 1 aromatic carbocycles. The second-order valence-electron chi connectivity index (χ2n) is 7.32. The first kappa shape index (κ1) is 19.8. The van der Waals surface area contributed by atoms with E-state index in [2.05, 4.69) is 14.8 Å². The topological polar surface area (TPSA) is 104 Å². The summed E-state index contributed by atoms with van der Waals surface area (Å²) in [6.45, 7) is 5.83. The van der Waals surface area contributed by atoms with Gasteiger partial charge < -0.3 is 9.73 Å². The van der Waals surface area contributed by atoms with Crippen molar-refractivity contribution in [2.45, 2.75) is 37.6 Å². The Labute approximate surface area is 164 Å². The second kappa shape index (κ2) is 7.59. The quantitative estimate of drug-likeness (QED) is 0.611. The molecule has 1 aliphatic rings. The molecule has 1 amide bonds. The largest absolute Gasteiger partial charge is 0.463 e. The van der Waals surface area contributed by atoms with Crippen LogP contribution in [0.4, 0.5) is 0 Å². The summed E-state index contributed by atoms with van der Waals surface area (Å²) in [5, 5.41) is 8.61. The van der Waals surface area contributed by atoms with Crippen molar-refractivity contribution < 1.29 is 17.6 Å². The number of amides is 1. The van der Waals surface area contributed by atoms with Crippen LogP contribution >= 0.6 is 0 Å². The zero-order valence-electron chi connectivity index (χ0n) is 15.9. The molecule has 1 aliphatic heterocycles. The van der Waals surface area contributed by atoms with Crippen molar-refractivity contribution in [1.82, 2.24) is 10.3 Å². The molecule has 0 spiro atoms. The molecule has 0 saturated carbocycles. The summed E-state index contributed by atoms with van der Waals surface area (Å²) in [5.41, 5.74) is 0.0931.